The van der Waals surface area contributed by atoms with Crippen molar-refractivity contribution in [2.75, 3.05) is 19.6 Å². The summed E-state index contributed by atoms with van der Waals surface area (Å²) in [5, 5.41) is 0. The van der Waals surface area contributed by atoms with E-state index >= 15 is 0 Å². The molecule has 98 valence electrons. The third kappa shape index (κ3) is 2.67. The molecule has 1 unspecified atom stereocenters. The van der Waals surface area contributed by atoms with Crippen LogP contribution in [0, 0.1) is 0 Å². The van der Waals surface area contributed by atoms with E-state index in [1.807, 2.05) is 0 Å². The Bertz CT molecular complexity index is 259. The molecule has 3 nitrogen and oxygen atoms in total. The van der Waals surface area contributed by atoms with Crippen LogP contribution in [0.4, 0.5) is 0 Å². The van der Waals surface area contributed by atoms with E-state index in [-0.39, 0.29) is 0 Å². The zero-order valence-corrected chi connectivity index (χ0v) is 10.9. The summed E-state index contributed by atoms with van der Waals surface area (Å²) < 4.78 is 6.38. The van der Waals surface area contributed by atoms with Crippen LogP contribution >= 0.6 is 0 Å². The number of hydrogen-bond acceptors (Lipinski definition) is 3. The summed E-state index contributed by atoms with van der Waals surface area (Å²) in [7, 11) is 0. The molecule has 2 aliphatic carbocycles. The summed E-state index contributed by atoms with van der Waals surface area (Å²) in [6.07, 6.45) is 11.2. The quantitative estimate of drug-likeness (QED) is 0.795. The van der Waals surface area contributed by atoms with Crippen molar-refractivity contribution in [1.29, 1.82) is 0 Å². The Balaban J connectivity index is 1.51. The molecule has 3 aliphatic rings. The second kappa shape index (κ2) is 4.87. The fourth-order valence-electron chi connectivity index (χ4n) is 3.70. The molecular weight excluding hydrogens is 212 g/mol. The molecule has 2 N–H and O–H groups in total. The van der Waals surface area contributed by atoms with Crippen molar-refractivity contribution in [3.63, 3.8) is 0 Å². The fourth-order valence-corrected chi connectivity index (χ4v) is 3.70. The molecule has 0 aromatic carbocycles. The molecule has 3 heteroatoms. The van der Waals surface area contributed by atoms with Crippen LogP contribution in [0.1, 0.15) is 51.4 Å². The van der Waals surface area contributed by atoms with E-state index in [0.29, 0.717) is 11.7 Å². The molecule has 1 aliphatic heterocycles. The molecular formula is C14H26N2O. The minimum absolute atomic E-state index is 0.294. The Hall–Kier alpha value is -0.120. The number of ether oxygens (including phenoxy) is 1. The molecule has 17 heavy (non-hydrogen) atoms. The van der Waals surface area contributed by atoms with Crippen molar-refractivity contribution in [2.45, 2.75) is 69.1 Å². The Morgan fingerprint density at radius 1 is 1.12 bits per heavy atom. The fraction of sp³-hybridized carbons (Fsp3) is 1.00. The molecule has 3 fully saturated rings. The lowest BCUT2D eigenvalue weighted by Gasteiger charge is -2.28. The maximum atomic E-state index is 6.38. The molecule has 0 aromatic heterocycles. The van der Waals surface area contributed by atoms with Gasteiger partial charge in [0.25, 0.3) is 0 Å². The number of nitrogens with zero attached hydrogens (tertiary/aromatic N) is 1. The maximum absolute atomic E-state index is 6.38. The van der Waals surface area contributed by atoms with Crippen molar-refractivity contribution in [1.82, 2.24) is 4.90 Å². The van der Waals surface area contributed by atoms with Crippen LogP contribution in [-0.2, 0) is 4.74 Å². The average molecular weight is 238 g/mol. The molecule has 2 saturated carbocycles. The molecule has 1 saturated heterocycles. The highest BCUT2D eigenvalue weighted by molar-refractivity contribution is 4.95. The first-order chi connectivity index (χ1) is 8.31. The molecule has 1 spiro atoms. The van der Waals surface area contributed by atoms with Crippen molar-refractivity contribution in [3.8, 4) is 0 Å². The van der Waals surface area contributed by atoms with Gasteiger partial charge in [0, 0.05) is 25.7 Å². The Labute approximate surface area is 105 Å². The predicted octanol–water partition coefficient (Wildman–Crippen LogP) is 1.90. The van der Waals surface area contributed by atoms with Gasteiger partial charge in [-0.15, -0.1) is 0 Å². The van der Waals surface area contributed by atoms with Crippen LogP contribution in [0.15, 0.2) is 0 Å². The second-order valence-corrected chi connectivity index (χ2v) is 6.18. The van der Waals surface area contributed by atoms with Gasteiger partial charge in [0.15, 0.2) is 0 Å². The zero-order valence-electron chi connectivity index (χ0n) is 10.9. The summed E-state index contributed by atoms with van der Waals surface area (Å²) >= 11 is 0. The largest absolute Gasteiger partial charge is 0.370 e. The average Bonchev–Trinajstić information content (AvgIpc) is 2.97. The van der Waals surface area contributed by atoms with Gasteiger partial charge in [-0.1, -0.05) is 12.8 Å². The lowest BCUT2D eigenvalue weighted by atomic mass is 9.98. The van der Waals surface area contributed by atoms with Gasteiger partial charge in [-0.25, -0.2) is 0 Å². The SMILES string of the molecule is NCCN(CC1CCC2(CCCC2)O1)C1CC1. The van der Waals surface area contributed by atoms with Crippen molar-refractivity contribution < 1.29 is 4.74 Å². The van der Waals surface area contributed by atoms with Crippen LogP contribution < -0.4 is 5.73 Å². The monoisotopic (exact) mass is 238 g/mol. The van der Waals surface area contributed by atoms with Gasteiger partial charge in [0.2, 0.25) is 0 Å². The topological polar surface area (TPSA) is 38.5 Å². The van der Waals surface area contributed by atoms with Gasteiger partial charge in [-0.3, -0.25) is 4.90 Å². The third-order valence-corrected chi connectivity index (χ3v) is 4.77. The van der Waals surface area contributed by atoms with Gasteiger partial charge >= 0.3 is 0 Å². The van der Waals surface area contributed by atoms with E-state index in [1.54, 1.807) is 0 Å². The van der Waals surface area contributed by atoms with Crippen LogP contribution in [0.3, 0.4) is 0 Å². The predicted molar refractivity (Wildman–Crippen MR) is 69.0 cm³/mol. The second-order valence-electron chi connectivity index (χ2n) is 6.18. The van der Waals surface area contributed by atoms with E-state index < -0.39 is 0 Å². The first kappa shape index (κ1) is 11.9. The van der Waals surface area contributed by atoms with Crippen LogP contribution in [0.25, 0.3) is 0 Å². The van der Waals surface area contributed by atoms with Gasteiger partial charge in [0.1, 0.15) is 0 Å². The van der Waals surface area contributed by atoms with Crippen molar-refractivity contribution in [2.24, 2.45) is 5.73 Å². The summed E-state index contributed by atoms with van der Waals surface area (Å²) in [4.78, 5) is 2.57. The summed E-state index contributed by atoms with van der Waals surface area (Å²) in [6, 6.07) is 0.822. The Kier molecular flexibility index (Phi) is 3.42. The van der Waals surface area contributed by atoms with Gasteiger partial charge in [-0.2, -0.15) is 0 Å². The van der Waals surface area contributed by atoms with Crippen molar-refractivity contribution in [3.05, 3.63) is 0 Å². The van der Waals surface area contributed by atoms with Crippen molar-refractivity contribution >= 4 is 0 Å². The zero-order chi connectivity index (χ0) is 11.7. The number of hydrogen-bond donors (Lipinski definition) is 1. The van der Waals surface area contributed by atoms with Gasteiger partial charge in [-0.05, 0) is 38.5 Å². The molecule has 0 amide bonds. The first-order valence-electron chi connectivity index (χ1n) is 7.43. The highest BCUT2D eigenvalue weighted by Gasteiger charge is 2.43. The molecule has 1 atom stereocenters. The van der Waals surface area contributed by atoms with E-state index in [9.17, 15) is 0 Å². The summed E-state index contributed by atoms with van der Waals surface area (Å²) in [5.74, 6) is 0. The highest BCUT2D eigenvalue weighted by atomic mass is 16.5. The Morgan fingerprint density at radius 2 is 1.88 bits per heavy atom. The highest BCUT2D eigenvalue weighted by Crippen LogP contribution is 2.43. The van der Waals surface area contributed by atoms with Gasteiger partial charge in [0.05, 0.1) is 11.7 Å². The molecule has 3 rings (SSSR count). The van der Waals surface area contributed by atoms with E-state index in [4.69, 9.17) is 10.5 Å². The number of nitrogens with two attached hydrogens (primary N) is 1. The van der Waals surface area contributed by atoms with Crippen LogP contribution in [0.2, 0.25) is 0 Å². The minimum atomic E-state index is 0.294. The third-order valence-electron chi connectivity index (χ3n) is 4.77. The first-order valence-corrected chi connectivity index (χ1v) is 7.43. The van der Waals surface area contributed by atoms with E-state index in [1.165, 1.54) is 51.4 Å². The standard InChI is InChI=1S/C14H26N2O/c15-9-10-16(12-3-4-12)11-13-5-8-14(17-13)6-1-2-7-14/h12-13H,1-11,15H2. The maximum Gasteiger partial charge on any atom is 0.0710 e. The molecule has 0 radical (unpaired) electrons. The van der Waals surface area contributed by atoms with Crippen LogP contribution in [-0.4, -0.2) is 42.3 Å². The number of rotatable bonds is 5. The summed E-state index contributed by atoms with van der Waals surface area (Å²) in [5.41, 5.74) is 6.00. The van der Waals surface area contributed by atoms with E-state index in [2.05, 4.69) is 4.90 Å². The summed E-state index contributed by atoms with van der Waals surface area (Å²) in [6.45, 7) is 2.97. The lowest BCUT2D eigenvalue weighted by molar-refractivity contribution is -0.0478. The van der Waals surface area contributed by atoms with Gasteiger partial charge < -0.3 is 10.5 Å². The lowest BCUT2D eigenvalue weighted by Crippen LogP contribution is -2.38. The smallest absolute Gasteiger partial charge is 0.0710 e. The van der Waals surface area contributed by atoms with E-state index in [0.717, 1.165) is 25.7 Å². The van der Waals surface area contributed by atoms with Crippen LogP contribution in [0.5, 0.6) is 0 Å². The minimum Gasteiger partial charge on any atom is -0.370 e. The normalized spacial score (nSPS) is 31.8. The molecule has 1 heterocycles. The molecule has 0 bridgehead atoms. The Morgan fingerprint density at radius 3 is 2.53 bits per heavy atom. The molecule has 0 aromatic rings.